The highest BCUT2D eigenvalue weighted by Gasteiger charge is 2.48. The summed E-state index contributed by atoms with van der Waals surface area (Å²) in [4.78, 5) is 33.0. The summed E-state index contributed by atoms with van der Waals surface area (Å²) in [6.07, 6.45) is 0. The molecule has 0 radical (unpaired) electrons. The fourth-order valence-corrected chi connectivity index (χ4v) is 5.58. The van der Waals surface area contributed by atoms with E-state index in [1.165, 1.54) is 16.2 Å². The van der Waals surface area contributed by atoms with Crippen LogP contribution in [0.25, 0.3) is 16.0 Å². The Morgan fingerprint density at radius 2 is 1.74 bits per heavy atom. The van der Waals surface area contributed by atoms with Crippen molar-refractivity contribution in [3.8, 4) is 17.2 Å². The van der Waals surface area contributed by atoms with E-state index >= 15 is 0 Å². The highest BCUT2D eigenvalue weighted by Crippen LogP contribution is 2.45. The first-order valence-electron chi connectivity index (χ1n) is 12.0. The number of carbonyl (C=O) groups excluding carboxylic acids is 2. The van der Waals surface area contributed by atoms with Crippen LogP contribution in [-0.2, 0) is 9.59 Å². The van der Waals surface area contributed by atoms with E-state index in [0.717, 1.165) is 10.3 Å². The third kappa shape index (κ3) is 4.35. The Hall–Kier alpha value is -4.37. The number of anilines is 1. The van der Waals surface area contributed by atoms with E-state index in [0.29, 0.717) is 45.6 Å². The summed E-state index contributed by atoms with van der Waals surface area (Å²) in [7, 11) is 3.14. The Morgan fingerprint density at radius 3 is 2.39 bits per heavy atom. The molecule has 38 heavy (non-hydrogen) atoms. The van der Waals surface area contributed by atoms with Gasteiger partial charge in [-0.25, -0.2) is 4.98 Å². The molecular formula is C29H26N2O6S. The lowest BCUT2D eigenvalue weighted by atomic mass is 9.95. The third-order valence-corrected chi connectivity index (χ3v) is 7.43. The molecule has 1 aromatic heterocycles. The lowest BCUT2D eigenvalue weighted by molar-refractivity contribution is -0.132. The number of amides is 1. The maximum absolute atomic E-state index is 13.5. The summed E-state index contributed by atoms with van der Waals surface area (Å²) in [6, 6.07) is 16.8. The molecule has 194 valence electrons. The molecule has 9 heteroatoms. The number of rotatable bonds is 7. The molecule has 5 rings (SSSR count). The van der Waals surface area contributed by atoms with Crippen LogP contribution >= 0.6 is 11.3 Å². The number of ketones is 1. The molecule has 3 aromatic carbocycles. The maximum Gasteiger partial charge on any atom is 0.301 e. The van der Waals surface area contributed by atoms with Crippen molar-refractivity contribution in [1.82, 2.24) is 4.98 Å². The number of nitrogens with zero attached hydrogens (tertiary/aromatic N) is 2. The minimum atomic E-state index is -0.893. The van der Waals surface area contributed by atoms with Crippen molar-refractivity contribution in [3.05, 3.63) is 82.9 Å². The van der Waals surface area contributed by atoms with Crippen molar-refractivity contribution in [3.63, 3.8) is 0 Å². The normalized spacial score (nSPS) is 16.7. The monoisotopic (exact) mass is 530 g/mol. The van der Waals surface area contributed by atoms with Crippen LogP contribution in [0.1, 0.15) is 29.7 Å². The molecule has 0 bridgehead atoms. The van der Waals surface area contributed by atoms with E-state index < -0.39 is 17.7 Å². The molecule has 0 spiro atoms. The smallest absolute Gasteiger partial charge is 0.301 e. The highest BCUT2D eigenvalue weighted by atomic mass is 32.1. The molecule has 2 heterocycles. The summed E-state index contributed by atoms with van der Waals surface area (Å²) in [6.45, 7) is 4.24. The third-order valence-electron chi connectivity index (χ3n) is 6.41. The van der Waals surface area contributed by atoms with Crippen molar-refractivity contribution in [2.24, 2.45) is 0 Å². The Kier molecular flexibility index (Phi) is 6.77. The molecule has 1 amide bonds. The first-order chi connectivity index (χ1) is 18.4. The molecule has 1 aliphatic heterocycles. The standard InChI is InChI=1S/C29H26N2O6S/c1-5-37-19-9-6-17(7-10-19)25-24(26(32)18-8-13-22(36-4)16(2)14-18)27(33)28(34)31(25)29-30-21-12-11-20(35-3)15-23(21)38-29/h6-15,25,32H,5H2,1-4H3/b26-24+/t25-/m0/s1. The maximum atomic E-state index is 13.5. The van der Waals surface area contributed by atoms with Crippen molar-refractivity contribution in [2.75, 3.05) is 25.7 Å². The zero-order valence-corrected chi connectivity index (χ0v) is 22.2. The number of hydrogen-bond acceptors (Lipinski definition) is 8. The average molecular weight is 531 g/mol. The van der Waals surface area contributed by atoms with Crippen LogP contribution in [0.2, 0.25) is 0 Å². The summed E-state index contributed by atoms with van der Waals surface area (Å²) >= 11 is 1.27. The summed E-state index contributed by atoms with van der Waals surface area (Å²) < 4.78 is 17.0. The van der Waals surface area contributed by atoms with Gasteiger partial charge in [-0.3, -0.25) is 14.5 Å². The number of aliphatic hydroxyl groups excluding tert-OH is 1. The Labute approximate surface area is 223 Å². The van der Waals surface area contributed by atoms with Crippen LogP contribution in [0.5, 0.6) is 17.2 Å². The molecule has 8 nitrogen and oxygen atoms in total. The van der Waals surface area contributed by atoms with Gasteiger partial charge in [0.15, 0.2) is 5.13 Å². The molecule has 0 aliphatic carbocycles. The Bertz CT molecular complexity index is 1570. The minimum absolute atomic E-state index is 0.0134. The molecular weight excluding hydrogens is 504 g/mol. The number of aryl methyl sites for hydroxylation is 1. The van der Waals surface area contributed by atoms with Crippen molar-refractivity contribution < 1.29 is 28.9 Å². The molecule has 1 aliphatic rings. The van der Waals surface area contributed by atoms with Crippen LogP contribution in [0.3, 0.4) is 0 Å². The number of fused-ring (bicyclic) bond motifs is 1. The topological polar surface area (TPSA) is 98.2 Å². The first-order valence-corrected chi connectivity index (χ1v) is 12.8. The van der Waals surface area contributed by atoms with Gasteiger partial charge in [0, 0.05) is 5.56 Å². The number of thiazole rings is 1. The zero-order valence-electron chi connectivity index (χ0n) is 21.3. The minimum Gasteiger partial charge on any atom is -0.507 e. The van der Waals surface area contributed by atoms with Crippen LogP contribution in [0.15, 0.2) is 66.2 Å². The largest absolute Gasteiger partial charge is 0.507 e. The SMILES string of the molecule is CCOc1ccc([C@H]2/C(=C(\O)c3ccc(OC)c(C)c3)C(=O)C(=O)N2c2nc3ccc(OC)cc3s2)cc1. The van der Waals surface area contributed by atoms with Gasteiger partial charge in [-0.05, 0) is 73.5 Å². The predicted octanol–water partition coefficient (Wildman–Crippen LogP) is 5.65. The van der Waals surface area contributed by atoms with Gasteiger partial charge in [0.05, 0.1) is 42.7 Å². The van der Waals surface area contributed by atoms with Gasteiger partial charge in [-0.15, -0.1) is 0 Å². The summed E-state index contributed by atoms with van der Waals surface area (Å²) in [5.41, 5.74) is 2.48. The van der Waals surface area contributed by atoms with Crippen LogP contribution in [-0.4, -0.2) is 42.6 Å². The van der Waals surface area contributed by atoms with Gasteiger partial charge in [0.2, 0.25) is 0 Å². The molecule has 1 N–H and O–H groups in total. The molecule has 1 fully saturated rings. The Balaban J connectivity index is 1.69. The van der Waals surface area contributed by atoms with E-state index in [1.807, 2.05) is 19.9 Å². The molecule has 1 atom stereocenters. The van der Waals surface area contributed by atoms with E-state index in [4.69, 9.17) is 14.2 Å². The number of aromatic nitrogens is 1. The van der Waals surface area contributed by atoms with Gasteiger partial charge < -0.3 is 19.3 Å². The number of methoxy groups -OCH3 is 2. The molecule has 4 aromatic rings. The Morgan fingerprint density at radius 1 is 1.00 bits per heavy atom. The van der Waals surface area contributed by atoms with Crippen molar-refractivity contribution >= 4 is 44.1 Å². The van der Waals surface area contributed by atoms with E-state index in [1.54, 1.807) is 68.8 Å². The number of Topliss-reactive ketones (excluding diaryl/α,β-unsaturated/α-hetero) is 1. The fraction of sp³-hybridized carbons (Fsp3) is 0.207. The van der Waals surface area contributed by atoms with Gasteiger partial charge in [0.1, 0.15) is 23.0 Å². The number of carbonyl (C=O) groups is 2. The van der Waals surface area contributed by atoms with Gasteiger partial charge in [0.25, 0.3) is 5.78 Å². The first kappa shape index (κ1) is 25.3. The van der Waals surface area contributed by atoms with Crippen molar-refractivity contribution in [2.45, 2.75) is 19.9 Å². The predicted molar refractivity (Wildman–Crippen MR) is 146 cm³/mol. The number of ether oxygens (including phenoxy) is 3. The lowest BCUT2D eigenvalue weighted by Gasteiger charge is -2.23. The molecule has 0 unspecified atom stereocenters. The average Bonchev–Trinajstić information content (AvgIpc) is 3.46. The second kappa shape index (κ2) is 10.2. The van der Waals surface area contributed by atoms with Gasteiger partial charge >= 0.3 is 5.91 Å². The summed E-state index contributed by atoms with van der Waals surface area (Å²) in [5, 5.41) is 11.8. The van der Waals surface area contributed by atoms with E-state index in [-0.39, 0.29) is 11.3 Å². The quantitative estimate of drug-likeness (QED) is 0.187. The molecule has 1 saturated heterocycles. The van der Waals surface area contributed by atoms with Crippen LogP contribution in [0, 0.1) is 6.92 Å². The van der Waals surface area contributed by atoms with E-state index in [9.17, 15) is 14.7 Å². The number of hydrogen-bond donors (Lipinski definition) is 1. The second-order valence-electron chi connectivity index (χ2n) is 8.69. The zero-order chi connectivity index (χ0) is 27.0. The second-order valence-corrected chi connectivity index (χ2v) is 9.69. The van der Waals surface area contributed by atoms with Crippen LogP contribution in [0.4, 0.5) is 5.13 Å². The van der Waals surface area contributed by atoms with Crippen LogP contribution < -0.4 is 19.1 Å². The van der Waals surface area contributed by atoms with Gasteiger partial charge in [-0.2, -0.15) is 0 Å². The molecule has 0 saturated carbocycles. The fourth-order valence-electron chi connectivity index (χ4n) is 4.56. The van der Waals surface area contributed by atoms with Gasteiger partial charge in [-0.1, -0.05) is 23.5 Å². The highest BCUT2D eigenvalue weighted by molar-refractivity contribution is 7.22. The number of aliphatic hydroxyl groups is 1. The van der Waals surface area contributed by atoms with Crippen molar-refractivity contribution in [1.29, 1.82) is 0 Å². The summed E-state index contributed by atoms with van der Waals surface area (Å²) in [5.74, 6) is 0.153. The van der Waals surface area contributed by atoms with E-state index in [2.05, 4.69) is 4.98 Å². The number of benzene rings is 3. The lowest BCUT2D eigenvalue weighted by Crippen LogP contribution is -2.29.